The van der Waals surface area contributed by atoms with Crippen LogP contribution in [0.1, 0.15) is 15.9 Å². The van der Waals surface area contributed by atoms with E-state index in [9.17, 15) is 18.4 Å². The lowest BCUT2D eigenvalue weighted by atomic mass is 10.1. The fourth-order valence-corrected chi connectivity index (χ4v) is 1.90. The molecule has 2 aromatic rings. The van der Waals surface area contributed by atoms with Crippen LogP contribution in [-0.4, -0.2) is 37.3 Å². The number of benzene rings is 2. The second-order valence-corrected chi connectivity index (χ2v) is 5.44. The maximum Gasteiger partial charge on any atom is 0.259 e. The highest BCUT2D eigenvalue weighted by Crippen LogP contribution is 2.15. The second kappa shape index (κ2) is 8.19. The van der Waals surface area contributed by atoms with E-state index in [0.29, 0.717) is 11.3 Å². The zero-order valence-corrected chi connectivity index (χ0v) is 13.8. The highest BCUT2D eigenvalue weighted by atomic mass is 19.2. The van der Waals surface area contributed by atoms with Gasteiger partial charge in [-0.1, -0.05) is 12.1 Å². The largest absolute Gasteiger partial charge is 0.484 e. The Hall–Kier alpha value is -3.02. The number of carbonyl (C=O) groups excluding carboxylic acids is 2. The van der Waals surface area contributed by atoms with Crippen LogP contribution in [0, 0.1) is 11.6 Å². The van der Waals surface area contributed by atoms with Crippen LogP contribution in [0.3, 0.4) is 0 Å². The van der Waals surface area contributed by atoms with Crippen LogP contribution >= 0.6 is 0 Å². The molecule has 0 aliphatic heterocycles. The van der Waals surface area contributed by atoms with Crippen molar-refractivity contribution in [2.75, 3.05) is 20.7 Å². The monoisotopic (exact) mass is 345 g/mol. The molecule has 0 saturated heterocycles. The number of halogens is 2. The predicted molar refractivity (Wildman–Crippen MR) is 90.4 cm³/mol. The zero-order chi connectivity index (χ0) is 18.4. The lowest BCUT2D eigenvalue weighted by Crippen LogP contribution is -2.27. The number of amides is 1. The van der Waals surface area contributed by atoms with E-state index in [4.69, 9.17) is 4.74 Å². The smallest absolute Gasteiger partial charge is 0.259 e. The van der Waals surface area contributed by atoms with Gasteiger partial charge in [-0.25, -0.2) is 8.78 Å². The van der Waals surface area contributed by atoms with Crippen molar-refractivity contribution in [1.82, 2.24) is 4.90 Å². The molecule has 0 bridgehead atoms. The van der Waals surface area contributed by atoms with Gasteiger partial charge in [0.25, 0.3) is 5.91 Å². The van der Waals surface area contributed by atoms with E-state index in [1.165, 1.54) is 41.3 Å². The molecule has 0 aliphatic carbocycles. The molecule has 130 valence electrons. The summed E-state index contributed by atoms with van der Waals surface area (Å²) in [7, 11) is 3.25. The molecule has 2 aromatic carbocycles. The third-order valence-corrected chi connectivity index (χ3v) is 3.40. The molecule has 25 heavy (non-hydrogen) atoms. The van der Waals surface area contributed by atoms with Gasteiger partial charge in [-0.15, -0.1) is 0 Å². The summed E-state index contributed by atoms with van der Waals surface area (Å²) in [6.45, 7) is -0.0982. The first-order valence-corrected chi connectivity index (χ1v) is 7.48. The first kappa shape index (κ1) is 18.3. The molecule has 0 atom stereocenters. The lowest BCUT2D eigenvalue weighted by molar-refractivity contribution is -0.130. The van der Waals surface area contributed by atoms with Crippen molar-refractivity contribution in [3.05, 3.63) is 71.3 Å². The summed E-state index contributed by atoms with van der Waals surface area (Å²) in [5.41, 5.74) is 0.356. The minimum absolute atomic E-state index is 0.00417. The van der Waals surface area contributed by atoms with E-state index < -0.39 is 11.6 Å². The molecule has 6 heteroatoms. The molecule has 0 fully saturated rings. The molecule has 0 spiro atoms. The van der Waals surface area contributed by atoms with Gasteiger partial charge < -0.3 is 9.64 Å². The highest BCUT2D eigenvalue weighted by Gasteiger charge is 2.08. The summed E-state index contributed by atoms with van der Waals surface area (Å²) in [6.07, 6.45) is 2.39. The van der Waals surface area contributed by atoms with E-state index in [1.807, 2.05) is 0 Å². The number of nitrogens with zero attached hydrogens (tertiary/aromatic N) is 1. The zero-order valence-electron chi connectivity index (χ0n) is 13.8. The summed E-state index contributed by atoms with van der Waals surface area (Å²) in [4.78, 5) is 24.9. The molecule has 0 radical (unpaired) electrons. The van der Waals surface area contributed by atoms with Crippen molar-refractivity contribution in [2.24, 2.45) is 0 Å². The molecular weight excluding hydrogens is 328 g/mol. The van der Waals surface area contributed by atoms with E-state index in [-0.39, 0.29) is 23.9 Å². The van der Waals surface area contributed by atoms with Gasteiger partial charge in [0.15, 0.2) is 24.0 Å². The first-order chi connectivity index (χ1) is 11.9. The maximum atomic E-state index is 13.5. The average Bonchev–Trinajstić information content (AvgIpc) is 2.61. The van der Waals surface area contributed by atoms with Gasteiger partial charge in [0, 0.05) is 25.2 Å². The SMILES string of the molecule is CN(C)C(=O)COc1ccc(C(=O)C=Cc2cccc(F)c2F)cc1. The third kappa shape index (κ3) is 4.97. The number of hydrogen-bond donors (Lipinski definition) is 0. The van der Waals surface area contributed by atoms with Crippen LogP contribution in [0.2, 0.25) is 0 Å². The van der Waals surface area contributed by atoms with Gasteiger partial charge in [0.2, 0.25) is 0 Å². The molecule has 1 amide bonds. The van der Waals surface area contributed by atoms with Crippen molar-refractivity contribution < 1.29 is 23.1 Å². The van der Waals surface area contributed by atoms with E-state index in [1.54, 1.807) is 26.2 Å². The first-order valence-electron chi connectivity index (χ1n) is 7.48. The molecule has 0 saturated carbocycles. The van der Waals surface area contributed by atoms with Crippen LogP contribution in [0.4, 0.5) is 8.78 Å². The van der Waals surface area contributed by atoms with Gasteiger partial charge in [-0.2, -0.15) is 0 Å². The van der Waals surface area contributed by atoms with Crippen molar-refractivity contribution in [1.29, 1.82) is 0 Å². The van der Waals surface area contributed by atoms with Gasteiger partial charge >= 0.3 is 0 Å². The lowest BCUT2D eigenvalue weighted by Gasteiger charge is -2.11. The Bertz CT molecular complexity index is 799. The average molecular weight is 345 g/mol. The fourth-order valence-electron chi connectivity index (χ4n) is 1.90. The fraction of sp³-hybridized carbons (Fsp3) is 0.158. The van der Waals surface area contributed by atoms with Gasteiger partial charge in [-0.05, 0) is 42.5 Å². The van der Waals surface area contributed by atoms with Crippen LogP contribution in [-0.2, 0) is 4.79 Å². The van der Waals surface area contributed by atoms with E-state index >= 15 is 0 Å². The number of ketones is 1. The van der Waals surface area contributed by atoms with Crippen LogP contribution in [0.5, 0.6) is 5.75 Å². The Kier molecular flexibility index (Phi) is 6.00. The molecule has 0 N–H and O–H groups in total. The Morgan fingerprint density at radius 1 is 1.08 bits per heavy atom. The molecule has 0 unspecified atom stereocenters. The predicted octanol–water partition coefficient (Wildman–Crippen LogP) is 3.33. The van der Waals surface area contributed by atoms with E-state index in [0.717, 1.165) is 6.07 Å². The van der Waals surface area contributed by atoms with Crippen molar-refractivity contribution in [3.63, 3.8) is 0 Å². The van der Waals surface area contributed by atoms with Crippen molar-refractivity contribution >= 4 is 17.8 Å². The number of likely N-dealkylation sites (N-methyl/N-ethyl adjacent to an activating group) is 1. The standard InChI is InChI=1S/C19H17F2NO3/c1-22(2)18(24)12-25-15-9-6-13(7-10-15)17(23)11-8-14-4-3-5-16(20)19(14)21/h3-11H,12H2,1-2H3. The molecule has 2 rings (SSSR count). The molecule has 0 heterocycles. The topological polar surface area (TPSA) is 46.6 Å². The summed E-state index contributed by atoms with van der Waals surface area (Å²) >= 11 is 0. The number of allylic oxidation sites excluding steroid dienone is 1. The normalized spacial score (nSPS) is 10.7. The van der Waals surface area contributed by atoms with Crippen LogP contribution in [0.25, 0.3) is 6.08 Å². The minimum Gasteiger partial charge on any atom is -0.484 e. The van der Waals surface area contributed by atoms with Gasteiger partial charge in [0.05, 0.1) is 0 Å². The van der Waals surface area contributed by atoms with Gasteiger partial charge in [0.1, 0.15) is 5.75 Å². The highest BCUT2D eigenvalue weighted by molar-refractivity contribution is 6.06. The molecule has 0 aliphatic rings. The quantitative estimate of drug-likeness (QED) is 0.596. The van der Waals surface area contributed by atoms with Gasteiger partial charge in [-0.3, -0.25) is 9.59 Å². The molecule has 4 nitrogen and oxygen atoms in total. The number of hydrogen-bond acceptors (Lipinski definition) is 3. The Morgan fingerprint density at radius 3 is 2.40 bits per heavy atom. The summed E-state index contributed by atoms with van der Waals surface area (Å²) in [5, 5.41) is 0. The third-order valence-electron chi connectivity index (χ3n) is 3.40. The Morgan fingerprint density at radius 2 is 1.76 bits per heavy atom. The van der Waals surface area contributed by atoms with Crippen LogP contribution < -0.4 is 4.74 Å². The summed E-state index contributed by atoms with van der Waals surface area (Å²) < 4.78 is 32.0. The summed E-state index contributed by atoms with van der Waals surface area (Å²) in [6, 6.07) is 9.94. The van der Waals surface area contributed by atoms with Crippen molar-refractivity contribution in [3.8, 4) is 5.75 Å². The second-order valence-electron chi connectivity index (χ2n) is 5.44. The van der Waals surface area contributed by atoms with Crippen LogP contribution in [0.15, 0.2) is 48.5 Å². The number of carbonyl (C=O) groups is 2. The molecular formula is C19H17F2NO3. The van der Waals surface area contributed by atoms with E-state index in [2.05, 4.69) is 0 Å². The Labute approximate surface area is 144 Å². The number of ether oxygens (including phenoxy) is 1. The molecule has 0 aromatic heterocycles. The summed E-state index contributed by atoms with van der Waals surface area (Å²) in [5.74, 6) is -2.06. The minimum atomic E-state index is -0.999. The Balaban J connectivity index is 2.01. The maximum absolute atomic E-state index is 13.5. The number of rotatable bonds is 6. The van der Waals surface area contributed by atoms with Crippen molar-refractivity contribution in [2.45, 2.75) is 0 Å².